The number of nitrogens with zero attached hydrogens (tertiary/aromatic N) is 4. The maximum absolute atomic E-state index is 11.4. The molecule has 5 rings (SSSR count). The molecule has 1 fully saturated rings. The Hall–Kier alpha value is -2.48. The number of amides is 2. The molecule has 1 aromatic heterocycles. The molecule has 1 saturated heterocycles. The van der Waals surface area contributed by atoms with Crippen LogP contribution in [0.5, 0.6) is 0 Å². The number of nitrogens with two attached hydrogens (primary N) is 1. The second-order valence-electron chi connectivity index (χ2n) is 10.0. The van der Waals surface area contributed by atoms with Crippen molar-refractivity contribution in [2.24, 2.45) is 5.73 Å². The normalized spacial score (nSPS) is 22.9. The summed E-state index contributed by atoms with van der Waals surface area (Å²) in [6.07, 6.45) is 7.73. The summed E-state index contributed by atoms with van der Waals surface area (Å²) >= 11 is 0. The molecule has 0 spiro atoms. The maximum atomic E-state index is 11.4. The summed E-state index contributed by atoms with van der Waals surface area (Å²) in [5.74, 6) is 0. The fourth-order valence-corrected chi connectivity index (χ4v) is 5.94. The molecular weight excluding hydrogens is 424 g/mol. The van der Waals surface area contributed by atoms with Crippen LogP contribution < -0.4 is 11.1 Å². The molecule has 34 heavy (non-hydrogen) atoms. The molecule has 2 atom stereocenters. The first-order valence-electron chi connectivity index (χ1n) is 12.9. The average Bonchev–Trinajstić information content (AvgIpc) is 2.88. The highest BCUT2D eigenvalue weighted by Crippen LogP contribution is 2.33. The number of carbonyl (C=O) groups is 1. The van der Waals surface area contributed by atoms with E-state index in [4.69, 9.17) is 10.7 Å². The van der Waals surface area contributed by atoms with Crippen LogP contribution in [0.4, 0.5) is 4.79 Å². The van der Waals surface area contributed by atoms with Gasteiger partial charge in [0.15, 0.2) is 0 Å². The van der Waals surface area contributed by atoms with Crippen LogP contribution in [0.25, 0.3) is 0 Å². The molecule has 2 aliphatic heterocycles. The van der Waals surface area contributed by atoms with Crippen molar-refractivity contribution in [3.05, 3.63) is 65.0 Å². The number of urea groups is 1. The van der Waals surface area contributed by atoms with Crippen molar-refractivity contribution < 1.29 is 4.79 Å². The van der Waals surface area contributed by atoms with Crippen LogP contribution in [0, 0.1) is 0 Å². The second kappa shape index (κ2) is 10.8. The summed E-state index contributed by atoms with van der Waals surface area (Å²) in [5, 5.41) is 3.80. The van der Waals surface area contributed by atoms with Crippen molar-refractivity contribution in [1.82, 2.24) is 25.0 Å². The topological polar surface area (TPSA) is 77.7 Å². The van der Waals surface area contributed by atoms with Gasteiger partial charge in [-0.3, -0.25) is 14.8 Å². The fraction of sp³-hybridized carbons (Fsp3) is 0.556. The number of rotatable bonds is 7. The SMILES string of the molecule is NC(=O)N1CCN(CCCN(C[C@H]2Cc3ccccc3CN2)[C@H]2CCCc3cccnc32)CC1. The van der Waals surface area contributed by atoms with Gasteiger partial charge in [-0.15, -0.1) is 0 Å². The number of piperazine rings is 1. The summed E-state index contributed by atoms with van der Waals surface area (Å²) in [7, 11) is 0. The van der Waals surface area contributed by atoms with Crippen molar-refractivity contribution in [2.45, 2.75) is 50.7 Å². The zero-order chi connectivity index (χ0) is 23.3. The molecule has 2 aromatic rings. The first-order chi connectivity index (χ1) is 16.7. The summed E-state index contributed by atoms with van der Waals surface area (Å²) < 4.78 is 0. The number of benzene rings is 1. The van der Waals surface area contributed by atoms with Gasteiger partial charge >= 0.3 is 6.03 Å². The number of hydrogen-bond donors (Lipinski definition) is 2. The van der Waals surface area contributed by atoms with Gasteiger partial charge in [0.25, 0.3) is 0 Å². The van der Waals surface area contributed by atoms with Crippen molar-refractivity contribution in [3.63, 3.8) is 0 Å². The Morgan fingerprint density at radius 1 is 1.09 bits per heavy atom. The molecule has 0 saturated carbocycles. The van der Waals surface area contributed by atoms with E-state index in [9.17, 15) is 4.79 Å². The molecule has 3 N–H and O–H groups in total. The molecule has 0 bridgehead atoms. The molecule has 182 valence electrons. The number of hydrogen-bond acceptors (Lipinski definition) is 5. The van der Waals surface area contributed by atoms with Crippen molar-refractivity contribution in [1.29, 1.82) is 0 Å². The van der Waals surface area contributed by atoms with Crippen LogP contribution in [0.15, 0.2) is 42.6 Å². The lowest BCUT2D eigenvalue weighted by atomic mass is 9.89. The summed E-state index contributed by atoms with van der Waals surface area (Å²) in [5.41, 5.74) is 11.1. The molecule has 3 heterocycles. The van der Waals surface area contributed by atoms with Crippen molar-refractivity contribution >= 4 is 6.03 Å². The molecular formula is C27H38N6O. The molecule has 1 aromatic carbocycles. The van der Waals surface area contributed by atoms with E-state index in [0.29, 0.717) is 12.1 Å². The zero-order valence-electron chi connectivity index (χ0n) is 20.2. The zero-order valence-corrected chi connectivity index (χ0v) is 20.2. The lowest BCUT2D eigenvalue weighted by molar-refractivity contribution is 0.123. The van der Waals surface area contributed by atoms with Gasteiger partial charge in [-0.2, -0.15) is 0 Å². The van der Waals surface area contributed by atoms with E-state index < -0.39 is 0 Å². The minimum Gasteiger partial charge on any atom is -0.351 e. The predicted octanol–water partition coefficient (Wildman–Crippen LogP) is 2.56. The Bertz CT molecular complexity index is 973. The standard InChI is InChI=1S/C27H38N6O/c28-27(34)32-16-14-31(15-17-32)12-5-13-33(25-10-3-8-21-9-4-11-29-26(21)25)20-24-18-22-6-1-2-7-23(22)19-30-24/h1-2,4,6-7,9,11,24-25,30H,3,5,8,10,12-20H2,(H2,28,34)/t24-,25+/m1/s1. The minimum absolute atomic E-state index is 0.296. The fourth-order valence-electron chi connectivity index (χ4n) is 5.94. The summed E-state index contributed by atoms with van der Waals surface area (Å²) in [6, 6.07) is 13.7. The van der Waals surface area contributed by atoms with Gasteiger partial charge in [-0.1, -0.05) is 30.3 Å². The van der Waals surface area contributed by atoms with Crippen LogP contribution in [0.2, 0.25) is 0 Å². The van der Waals surface area contributed by atoms with E-state index in [1.54, 1.807) is 4.90 Å². The lowest BCUT2D eigenvalue weighted by Gasteiger charge is -2.39. The quantitative estimate of drug-likeness (QED) is 0.661. The van der Waals surface area contributed by atoms with Gasteiger partial charge in [0.2, 0.25) is 0 Å². The Morgan fingerprint density at radius 3 is 2.71 bits per heavy atom. The molecule has 7 nitrogen and oxygen atoms in total. The van der Waals surface area contributed by atoms with E-state index >= 15 is 0 Å². The molecule has 3 aliphatic rings. The lowest BCUT2D eigenvalue weighted by Crippen LogP contribution is -2.51. The first kappa shape index (κ1) is 23.3. The number of aromatic nitrogens is 1. The number of nitrogens with one attached hydrogen (secondary N) is 1. The highest BCUT2D eigenvalue weighted by molar-refractivity contribution is 5.72. The number of fused-ring (bicyclic) bond motifs is 2. The van der Waals surface area contributed by atoms with Gasteiger partial charge in [0, 0.05) is 58.1 Å². The number of aryl methyl sites for hydroxylation is 1. The predicted molar refractivity (Wildman–Crippen MR) is 134 cm³/mol. The van der Waals surface area contributed by atoms with E-state index in [0.717, 1.165) is 71.6 Å². The average molecular weight is 463 g/mol. The maximum Gasteiger partial charge on any atom is 0.314 e. The first-order valence-corrected chi connectivity index (χ1v) is 12.9. The third-order valence-electron chi connectivity index (χ3n) is 7.83. The monoisotopic (exact) mass is 462 g/mol. The number of pyridine rings is 1. The van der Waals surface area contributed by atoms with Gasteiger partial charge < -0.3 is 16.0 Å². The minimum atomic E-state index is -0.296. The van der Waals surface area contributed by atoms with E-state index in [-0.39, 0.29) is 6.03 Å². The van der Waals surface area contributed by atoms with Gasteiger partial charge in [0.1, 0.15) is 0 Å². The van der Waals surface area contributed by atoms with Gasteiger partial charge in [-0.25, -0.2) is 4.79 Å². The molecule has 1 aliphatic carbocycles. The molecule has 7 heteroatoms. The van der Waals surface area contributed by atoms with Crippen LogP contribution in [-0.2, 0) is 19.4 Å². The van der Waals surface area contributed by atoms with Crippen LogP contribution in [-0.4, -0.2) is 77.6 Å². The number of primary amides is 1. The van der Waals surface area contributed by atoms with Gasteiger partial charge in [0.05, 0.1) is 11.7 Å². The van der Waals surface area contributed by atoms with Crippen LogP contribution in [0.3, 0.4) is 0 Å². The Labute approximate surface area is 203 Å². The van der Waals surface area contributed by atoms with Gasteiger partial charge in [-0.05, 0) is 61.4 Å². The molecule has 0 radical (unpaired) electrons. The Balaban J connectivity index is 1.24. The largest absolute Gasteiger partial charge is 0.351 e. The second-order valence-corrected chi connectivity index (χ2v) is 10.0. The summed E-state index contributed by atoms with van der Waals surface area (Å²) in [6.45, 7) is 7.44. The Kier molecular flexibility index (Phi) is 7.42. The highest BCUT2D eigenvalue weighted by Gasteiger charge is 2.30. The number of carbonyl (C=O) groups excluding carboxylic acids is 1. The van der Waals surface area contributed by atoms with Crippen molar-refractivity contribution in [2.75, 3.05) is 45.8 Å². The molecule has 0 unspecified atom stereocenters. The van der Waals surface area contributed by atoms with Crippen molar-refractivity contribution in [3.8, 4) is 0 Å². The van der Waals surface area contributed by atoms with E-state index in [1.165, 1.54) is 35.2 Å². The smallest absolute Gasteiger partial charge is 0.314 e. The Morgan fingerprint density at radius 2 is 1.88 bits per heavy atom. The van der Waals surface area contributed by atoms with Crippen LogP contribution in [0.1, 0.15) is 47.7 Å². The van der Waals surface area contributed by atoms with Crippen LogP contribution >= 0.6 is 0 Å². The highest BCUT2D eigenvalue weighted by atomic mass is 16.2. The van der Waals surface area contributed by atoms with E-state index in [1.807, 2.05) is 6.20 Å². The third kappa shape index (κ3) is 5.43. The molecule has 2 amide bonds. The summed E-state index contributed by atoms with van der Waals surface area (Å²) in [4.78, 5) is 23.2. The third-order valence-corrected chi connectivity index (χ3v) is 7.83. The van der Waals surface area contributed by atoms with E-state index in [2.05, 4.69) is 51.5 Å².